The summed E-state index contributed by atoms with van der Waals surface area (Å²) in [6.45, 7) is 4.74. The Morgan fingerprint density at radius 2 is 1.69 bits per heavy atom. The smallest absolute Gasteiger partial charge is 0.242 e. The number of hydrogen-bond acceptors (Lipinski definition) is 3. The average Bonchev–Trinajstić information content (AvgIpc) is 2.77. The standard InChI is InChI=1S/C24H29Cl3N2O2S/c1-3-5-14-28-24(31)22(4-2)29(16-19-20(26)7-6-8-21(19)27)23(30)13-15-32-18-11-9-17(25)10-12-18/h6-12,22H,3-5,13-16H2,1-2H3,(H,28,31). The minimum atomic E-state index is -0.591. The monoisotopic (exact) mass is 514 g/mol. The van der Waals surface area contributed by atoms with Crippen LogP contribution in [0.4, 0.5) is 0 Å². The van der Waals surface area contributed by atoms with Gasteiger partial charge in [-0.3, -0.25) is 9.59 Å². The molecule has 32 heavy (non-hydrogen) atoms. The van der Waals surface area contributed by atoms with Gasteiger partial charge in [-0.25, -0.2) is 0 Å². The molecule has 2 rings (SSSR count). The van der Waals surface area contributed by atoms with Crippen LogP contribution in [-0.2, 0) is 16.1 Å². The molecule has 0 spiro atoms. The van der Waals surface area contributed by atoms with Crippen molar-refractivity contribution in [2.45, 2.75) is 57.0 Å². The van der Waals surface area contributed by atoms with Gasteiger partial charge >= 0.3 is 0 Å². The number of rotatable bonds is 12. The number of halogens is 3. The van der Waals surface area contributed by atoms with E-state index in [0.717, 1.165) is 17.7 Å². The van der Waals surface area contributed by atoms with Crippen molar-refractivity contribution in [2.75, 3.05) is 12.3 Å². The fourth-order valence-electron chi connectivity index (χ4n) is 3.21. The molecule has 0 aromatic heterocycles. The second-order valence-corrected chi connectivity index (χ2v) is 9.76. The van der Waals surface area contributed by atoms with Gasteiger partial charge in [0.1, 0.15) is 6.04 Å². The van der Waals surface area contributed by atoms with E-state index in [1.54, 1.807) is 34.9 Å². The Morgan fingerprint density at radius 3 is 2.28 bits per heavy atom. The summed E-state index contributed by atoms with van der Waals surface area (Å²) in [6, 6.07) is 12.2. The van der Waals surface area contributed by atoms with E-state index >= 15 is 0 Å². The Balaban J connectivity index is 2.16. The minimum Gasteiger partial charge on any atom is -0.354 e. The second kappa shape index (κ2) is 14.0. The molecule has 1 atom stereocenters. The lowest BCUT2D eigenvalue weighted by molar-refractivity contribution is -0.141. The first-order valence-electron chi connectivity index (χ1n) is 10.8. The summed E-state index contributed by atoms with van der Waals surface area (Å²) >= 11 is 20.2. The summed E-state index contributed by atoms with van der Waals surface area (Å²) in [4.78, 5) is 28.8. The highest BCUT2D eigenvalue weighted by atomic mass is 35.5. The summed E-state index contributed by atoms with van der Waals surface area (Å²) < 4.78 is 0. The fourth-order valence-corrected chi connectivity index (χ4v) is 4.69. The molecule has 0 aliphatic rings. The predicted molar refractivity (Wildman–Crippen MR) is 136 cm³/mol. The molecule has 0 aliphatic carbocycles. The molecule has 2 amide bonds. The lowest BCUT2D eigenvalue weighted by Crippen LogP contribution is -2.49. The van der Waals surface area contributed by atoms with Crippen molar-refractivity contribution in [3.8, 4) is 0 Å². The summed E-state index contributed by atoms with van der Waals surface area (Å²) in [7, 11) is 0. The maximum absolute atomic E-state index is 13.3. The van der Waals surface area contributed by atoms with Crippen LogP contribution in [0.1, 0.15) is 45.1 Å². The lowest BCUT2D eigenvalue weighted by Gasteiger charge is -2.31. The van der Waals surface area contributed by atoms with Crippen LogP contribution in [0.5, 0.6) is 0 Å². The Hall–Kier alpha value is -1.40. The molecule has 2 aromatic rings. The van der Waals surface area contributed by atoms with Crippen molar-refractivity contribution < 1.29 is 9.59 Å². The molecule has 2 aromatic carbocycles. The van der Waals surface area contributed by atoms with Gasteiger partial charge in [0.25, 0.3) is 0 Å². The van der Waals surface area contributed by atoms with E-state index in [4.69, 9.17) is 34.8 Å². The molecule has 1 unspecified atom stereocenters. The third-order valence-electron chi connectivity index (χ3n) is 5.00. The van der Waals surface area contributed by atoms with E-state index in [1.165, 1.54) is 0 Å². The first-order valence-corrected chi connectivity index (χ1v) is 12.9. The van der Waals surface area contributed by atoms with Crippen LogP contribution in [0.3, 0.4) is 0 Å². The third kappa shape index (κ3) is 8.18. The summed E-state index contributed by atoms with van der Waals surface area (Å²) in [5.74, 6) is 0.323. The van der Waals surface area contributed by atoms with Crippen molar-refractivity contribution >= 4 is 58.4 Å². The van der Waals surface area contributed by atoms with Gasteiger partial charge in [0.2, 0.25) is 11.8 Å². The van der Waals surface area contributed by atoms with Crippen LogP contribution in [0.15, 0.2) is 47.4 Å². The molecule has 0 radical (unpaired) electrons. The van der Waals surface area contributed by atoms with Crippen LogP contribution in [0.2, 0.25) is 15.1 Å². The van der Waals surface area contributed by atoms with E-state index < -0.39 is 6.04 Å². The quantitative estimate of drug-likeness (QED) is 0.248. The number of benzene rings is 2. The molecule has 0 fully saturated rings. The molecule has 0 bridgehead atoms. The Bertz CT molecular complexity index is 873. The molecule has 0 saturated heterocycles. The zero-order chi connectivity index (χ0) is 23.5. The highest BCUT2D eigenvalue weighted by molar-refractivity contribution is 7.99. The van der Waals surface area contributed by atoms with Gasteiger partial charge < -0.3 is 10.2 Å². The zero-order valence-electron chi connectivity index (χ0n) is 18.4. The Morgan fingerprint density at radius 1 is 1.03 bits per heavy atom. The van der Waals surface area contributed by atoms with Gasteiger partial charge in [-0.2, -0.15) is 0 Å². The van der Waals surface area contributed by atoms with E-state index in [-0.39, 0.29) is 24.8 Å². The number of nitrogens with one attached hydrogen (secondary N) is 1. The molecule has 4 nitrogen and oxygen atoms in total. The van der Waals surface area contributed by atoms with E-state index in [1.807, 2.05) is 31.2 Å². The van der Waals surface area contributed by atoms with Crippen LogP contribution >= 0.6 is 46.6 Å². The van der Waals surface area contributed by atoms with Gasteiger partial charge in [-0.1, -0.05) is 61.1 Å². The summed E-state index contributed by atoms with van der Waals surface area (Å²) in [5.41, 5.74) is 0.648. The molecular weight excluding hydrogens is 487 g/mol. The van der Waals surface area contributed by atoms with Gasteiger partial charge in [0, 0.05) is 50.8 Å². The summed E-state index contributed by atoms with van der Waals surface area (Å²) in [6.07, 6.45) is 2.66. The van der Waals surface area contributed by atoms with Crippen molar-refractivity contribution in [3.05, 3.63) is 63.1 Å². The minimum absolute atomic E-state index is 0.111. The molecular formula is C24H29Cl3N2O2S. The van der Waals surface area contributed by atoms with Crippen molar-refractivity contribution in [2.24, 2.45) is 0 Å². The number of amides is 2. The molecule has 1 N–H and O–H groups in total. The predicted octanol–water partition coefficient (Wildman–Crippen LogP) is 6.85. The van der Waals surface area contributed by atoms with Crippen LogP contribution < -0.4 is 5.32 Å². The first kappa shape index (κ1) is 26.8. The topological polar surface area (TPSA) is 49.4 Å². The maximum Gasteiger partial charge on any atom is 0.242 e. The number of carbonyl (C=O) groups excluding carboxylic acids is 2. The van der Waals surface area contributed by atoms with E-state index in [9.17, 15) is 9.59 Å². The number of nitrogens with zero attached hydrogens (tertiary/aromatic N) is 1. The number of carbonyl (C=O) groups is 2. The molecule has 0 aliphatic heterocycles. The van der Waals surface area contributed by atoms with Gasteiger partial charge in [0.15, 0.2) is 0 Å². The fraction of sp³-hybridized carbons (Fsp3) is 0.417. The Kier molecular flexibility index (Phi) is 11.7. The zero-order valence-corrected chi connectivity index (χ0v) is 21.5. The lowest BCUT2D eigenvalue weighted by atomic mass is 10.1. The normalized spacial score (nSPS) is 11.8. The van der Waals surface area contributed by atoms with E-state index in [2.05, 4.69) is 12.2 Å². The van der Waals surface area contributed by atoms with Gasteiger partial charge in [0.05, 0.1) is 0 Å². The SMILES string of the molecule is CCCCNC(=O)C(CC)N(Cc1c(Cl)cccc1Cl)C(=O)CCSc1ccc(Cl)cc1. The van der Waals surface area contributed by atoms with Gasteiger partial charge in [-0.15, -0.1) is 11.8 Å². The van der Waals surface area contributed by atoms with E-state index in [0.29, 0.717) is 39.3 Å². The molecule has 0 saturated carbocycles. The van der Waals surface area contributed by atoms with Crippen LogP contribution in [-0.4, -0.2) is 35.1 Å². The van der Waals surface area contributed by atoms with Crippen LogP contribution in [0.25, 0.3) is 0 Å². The number of thioether (sulfide) groups is 1. The Labute approximate surface area is 210 Å². The van der Waals surface area contributed by atoms with Crippen molar-refractivity contribution in [1.29, 1.82) is 0 Å². The van der Waals surface area contributed by atoms with Crippen molar-refractivity contribution in [1.82, 2.24) is 10.2 Å². The molecule has 8 heteroatoms. The molecule has 174 valence electrons. The number of hydrogen-bond donors (Lipinski definition) is 1. The number of unbranched alkanes of at least 4 members (excludes halogenated alkanes) is 1. The second-order valence-electron chi connectivity index (χ2n) is 7.34. The van der Waals surface area contributed by atoms with Gasteiger partial charge in [-0.05, 0) is 49.2 Å². The molecule has 0 heterocycles. The largest absolute Gasteiger partial charge is 0.354 e. The van der Waals surface area contributed by atoms with Crippen LogP contribution in [0, 0.1) is 0 Å². The highest BCUT2D eigenvalue weighted by Gasteiger charge is 2.29. The van der Waals surface area contributed by atoms with Crippen molar-refractivity contribution in [3.63, 3.8) is 0 Å². The third-order valence-corrected chi connectivity index (χ3v) is 6.98. The summed E-state index contributed by atoms with van der Waals surface area (Å²) in [5, 5.41) is 4.59. The first-order chi connectivity index (χ1) is 15.4. The highest BCUT2D eigenvalue weighted by Crippen LogP contribution is 2.28. The average molecular weight is 516 g/mol. The maximum atomic E-state index is 13.3.